The van der Waals surface area contributed by atoms with Gasteiger partial charge in [0.05, 0.1) is 5.56 Å². The summed E-state index contributed by atoms with van der Waals surface area (Å²) in [5, 5.41) is 4.02. The van der Waals surface area contributed by atoms with Crippen LogP contribution in [0.2, 0.25) is 5.02 Å². The molecule has 0 radical (unpaired) electrons. The van der Waals surface area contributed by atoms with Crippen LogP contribution in [0.5, 0.6) is 5.75 Å². The zero-order valence-corrected chi connectivity index (χ0v) is 17.2. The highest BCUT2D eigenvalue weighted by molar-refractivity contribution is 7.17. The number of fused-ring (bicyclic) bond motifs is 1. The van der Waals surface area contributed by atoms with Gasteiger partial charge in [0, 0.05) is 9.90 Å². The van der Waals surface area contributed by atoms with E-state index in [1.54, 1.807) is 12.1 Å². The fourth-order valence-electron chi connectivity index (χ4n) is 3.40. The molecule has 1 heterocycles. The molecule has 3 N–H and O–H groups in total. The van der Waals surface area contributed by atoms with E-state index in [-0.39, 0.29) is 12.5 Å². The number of nitrogens with two attached hydrogens (primary N) is 1. The van der Waals surface area contributed by atoms with Crippen LogP contribution in [-0.4, -0.2) is 18.4 Å². The van der Waals surface area contributed by atoms with Gasteiger partial charge in [0.1, 0.15) is 10.8 Å². The molecule has 0 spiro atoms. The Morgan fingerprint density at radius 1 is 1.33 bits per heavy atom. The van der Waals surface area contributed by atoms with Crippen molar-refractivity contribution < 1.29 is 14.3 Å². The Bertz CT molecular complexity index is 884. The molecule has 1 aliphatic carbocycles. The van der Waals surface area contributed by atoms with Crippen molar-refractivity contribution in [3.05, 3.63) is 44.3 Å². The van der Waals surface area contributed by atoms with Gasteiger partial charge in [0.25, 0.3) is 11.8 Å². The second kappa shape index (κ2) is 7.90. The Labute approximate surface area is 167 Å². The van der Waals surface area contributed by atoms with Crippen LogP contribution in [0.4, 0.5) is 5.00 Å². The molecule has 144 valence electrons. The number of halogens is 1. The van der Waals surface area contributed by atoms with Crippen LogP contribution in [0.1, 0.15) is 45.3 Å². The number of anilines is 1. The second-order valence-electron chi connectivity index (χ2n) is 7.13. The summed E-state index contributed by atoms with van der Waals surface area (Å²) in [6.45, 7) is 5.81. The van der Waals surface area contributed by atoms with Gasteiger partial charge < -0.3 is 15.8 Å². The van der Waals surface area contributed by atoms with Gasteiger partial charge in [-0.05, 0) is 67.9 Å². The smallest absolute Gasteiger partial charge is 0.262 e. The minimum Gasteiger partial charge on any atom is -0.484 e. The Balaban J connectivity index is 1.72. The molecule has 0 aliphatic heterocycles. The first kappa shape index (κ1) is 19.7. The number of carbonyl (C=O) groups excluding carboxylic acids is 2. The molecule has 0 bridgehead atoms. The van der Waals surface area contributed by atoms with Crippen molar-refractivity contribution in [2.24, 2.45) is 11.7 Å². The molecule has 3 rings (SSSR count). The SMILES string of the molecule is Cc1cc(OCC(=O)Nc2sc3c(c2C(N)=O)CC[C@@H](C)C3)cc(C)c1Cl. The number of aryl methyl sites for hydroxylation is 2. The summed E-state index contributed by atoms with van der Waals surface area (Å²) in [5.41, 5.74) is 8.81. The predicted molar refractivity (Wildman–Crippen MR) is 109 cm³/mol. The lowest BCUT2D eigenvalue weighted by Crippen LogP contribution is -2.22. The van der Waals surface area contributed by atoms with Gasteiger partial charge >= 0.3 is 0 Å². The quantitative estimate of drug-likeness (QED) is 0.778. The summed E-state index contributed by atoms with van der Waals surface area (Å²) >= 11 is 7.59. The Hall–Kier alpha value is -2.05. The minimum atomic E-state index is -0.498. The third kappa shape index (κ3) is 4.28. The first-order valence-electron chi connectivity index (χ1n) is 8.90. The number of hydrogen-bond donors (Lipinski definition) is 2. The monoisotopic (exact) mass is 406 g/mol. The maximum absolute atomic E-state index is 12.4. The number of rotatable bonds is 5. The third-order valence-electron chi connectivity index (χ3n) is 4.79. The van der Waals surface area contributed by atoms with Gasteiger partial charge in [-0.15, -0.1) is 11.3 Å². The van der Waals surface area contributed by atoms with Crippen molar-refractivity contribution >= 4 is 39.8 Å². The van der Waals surface area contributed by atoms with E-state index in [1.165, 1.54) is 11.3 Å². The van der Waals surface area contributed by atoms with Crippen LogP contribution in [0.25, 0.3) is 0 Å². The van der Waals surface area contributed by atoms with Crippen LogP contribution >= 0.6 is 22.9 Å². The van der Waals surface area contributed by atoms with E-state index in [1.807, 2.05) is 13.8 Å². The summed E-state index contributed by atoms with van der Waals surface area (Å²) in [5.74, 6) is 0.329. The van der Waals surface area contributed by atoms with E-state index in [2.05, 4.69) is 12.2 Å². The normalized spacial score (nSPS) is 15.9. The van der Waals surface area contributed by atoms with E-state index >= 15 is 0 Å². The van der Waals surface area contributed by atoms with Crippen molar-refractivity contribution in [1.29, 1.82) is 0 Å². The molecule has 0 saturated carbocycles. The maximum Gasteiger partial charge on any atom is 0.262 e. The highest BCUT2D eigenvalue weighted by Crippen LogP contribution is 2.39. The zero-order valence-electron chi connectivity index (χ0n) is 15.6. The highest BCUT2D eigenvalue weighted by atomic mass is 35.5. The second-order valence-corrected chi connectivity index (χ2v) is 8.61. The third-order valence-corrected chi connectivity index (χ3v) is 6.56. The van der Waals surface area contributed by atoms with Crippen LogP contribution in [-0.2, 0) is 17.6 Å². The van der Waals surface area contributed by atoms with Crippen molar-refractivity contribution in [1.82, 2.24) is 0 Å². The predicted octanol–water partition coefficient (Wildman–Crippen LogP) is 4.26. The number of amides is 2. The van der Waals surface area contributed by atoms with E-state index in [4.69, 9.17) is 22.1 Å². The Morgan fingerprint density at radius 2 is 2.00 bits per heavy atom. The van der Waals surface area contributed by atoms with E-state index < -0.39 is 5.91 Å². The van der Waals surface area contributed by atoms with E-state index in [0.717, 1.165) is 40.8 Å². The molecule has 2 amide bonds. The zero-order chi connectivity index (χ0) is 19.7. The van der Waals surface area contributed by atoms with E-state index in [9.17, 15) is 9.59 Å². The van der Waals surface area contributed by atoms with Gasteiger partial charge in [-0.3, -0.25) is 9.59 Å². The topological polar surface area (TPSA) is 81.4 Å². The lowest BCUT2D eigenvalue weighted by atomic mass is 9.88. The number of carbonyl (C=O) groups is 2. The summed E-state index contributed by atoms with van der Waals surface area (Å²) in [7, 11) is 0. The summed E-state index contributed by atoms with van der Waals surface area (Å²) in [4.78, 5) is 25.4. The summed E-state index contributed by atoms with van der Waals surface area (Å²) < 4.78 is 5.59. The molecule has 0 fully saturated rings. The van der Waals surface area contributed by atoms with Gasteiger partial charge in [0.2, 0.25) is 0 Å². The fraction of sp³-hybridized carbons (Fsp3) is 0.400. The molecule has 1 aromatic carbocycles. The maximum atomic E-state index is 12.4. The Kier molecular flexibility index (Phi) is 5.77. The fourth-order valence-corrected chi connectivity index (χ4v) is 4.94. The molecule has 1 atom stereocenters. The number of hydrogen-bond acceptors (Lipinski definition) is 4. The average molecular weight is 407 g/mol. The number of thiophene rings is 1. The minimum absolute atomic E-state index is 0.155. The molecule has 5 nitrogen and oxygen atoms in total. The number of benzene rings is 1. The van der Waals surface area contributed by atoms with Gasteiger partial charge in [-0.1, -0.05) is 18.5 Å². The van der Waals surface area contributed by atoms with Crippen LogP contribution in [0.15, 0.2) is 12.1 Å². The Morgan fingerprint density at radius 3 is 2.63 bits per heavy atom. The van der Waals surface area contributed by atoms with Crippen molar-refractivity contribution in [3.8, 4) is 5.75 Å². The largest absolute Gasteiger partial charge is 0.484 e. The molecule has 0 unspecified atom stereocenters. The molecular weight excluding hydrogens is 384 g/mol. The molecule has 1 aromatic heterocycles. The van der Waals surface area contributed by atoms with Crippen molar-refractivity contribution in [2.45, 2.75) is 40.0 Å². The van der Waals surface area contributed by atoms with Crippen LogP contribution in [0.3, 0.4) is 0 Å². The number of ether oxygens (including phenoxy) is 1. The molecule has 7 heteroatoms. The van der Waals surface area contributed by atoms with E-state index in [0.29, 0.717) is 27.3 Å². The first-order valence-corrected chi connectivity index (χ1v) is 10.1. The molecule has 1 aliphatic rings. The lowest BCUT2D eigenvalue weighted by molar-refractivity contribution is -0.118. The van der Waals surface area contributed by atoms with Crippen molar-refractivity contribution in [3.63, 3.8) is 0 Å². The number of nitrogens with one attached hydrogen (secondary N) is 1. The highest BCUT2D eigenvalue weighted by Gasteiger charge is 2.27. The average Bonchev–Trinajstić information content (AvgIpc) is 2.94. The first-order chi connectivity index (χ1) is 12.8. The molecule has 27 heavy (non-hydrogen) atoms. The van der Waals surface area contributed by atoms with Crippen LogP contribution < -0.4 is 15.8 Å². The molecule has 0 saturated heterocycles. The van der Waals surface area contributed by atoms with Gasteiger partial charge in [-0.25, -0.2) is 0 Å². The summed E-state index contributed by atoms with van der Waals surface area (Å²) in [6, 6.07) is 3.59. The molecular formula is C20H23ClN2O3S. The summed E-state index contributed by atoms with van der Waals surface area (Å²) in [6.07, 6.45) is 2.76. The molecule has 2 aromatic rings. The number of primary amides is 1. The standard InChI is InChI=1S/C20H23ClN2O3S/c1-10-4-5-14-15(6-10)27-20(17(14)19(22)25)23-16(24)9-26-13-7-11(2)18(21)12(3)8-13/h7-8,10H,4-6,9H2,1-3H3,(H2,22,25)(H,23,24)/t10-/m1/s1. The van der Waals surface area contributed by atoms with Gasteiger partial charge in [0.15, 0.2) is 6.61 Å². The lowest BCUT2D eigenvalue weighted by Gasteiger charge is -2.18. The van der Waals surface area contributed by atoms with Crippen molar-refractivity contribution in [2.75, 3.05) is 11.9 Å². The van der Waals surface area contributed by atoms with Crippen LogP contribution in [0, 0.1) is 19.8 Å². The van der Waals surface area contributed by atoms with Gasteiger partial charge in [-0.2, -0.15) is 0 Å².